The van der Waals surface area contributed by atoms with E-state index in [1.807, 2.05) is 32.0 Å². The van der Waals surface area contributed by atoms with Crippen molar-refractivity contribution in [1.82, 2.24) is 24.3 Å². The molecule has 8 nitrogen and oxygen atoms in total. The van der Waals surface area contributed by atoms with Crippen LogP contribution in [-0.2, 0) is 10.0 Å². The van der Waals surface area contributed by atoms with E-state index >= 15 is 0 Å². The average molecular weight is 376 g/mol. The third-order valence-electron chi connectivity index (χ3n) is 4.99. The highest BCUT2D eigenvalue weighted by Gasteiger charge is 2.41. The van der Waals surface area contributed by atoms with Crippen LogP contribution in [0.15, 0.2) is 18.2 Å². The number of piperidine rings is 1. The predicted molar refractivity (Wildman–Crippen MR) is 98.8 cm³/mol. The maximum Gasteiger partial charge on any atom is 0.216 e. The summed E-state index contributed by atoms with van der Waals surface area (Å²) in [6, 6.07) is 6.00. The van der Waals surface area contributed by atoms with Gasteiger partial charge in [-0.1, -0.05) is 0 Å². The van der Waals surface area contributed by atoms with Gasteiger partial charge in [0.2, 0.25) is 10.0 Å². The third-order valence-corrected chi connectivity index (χ3v) is 7.39. The van der Waals surface area contributed by atoms with E-state index in [1.165, 1.54) is 0 Å². The fraction of sp³-hybridized carbons (Fsp3) is 0.588. The van der Waals surface area contributed by atoms with E-state index in [4.69, 9.17) is 0 Å². The van der Waals surface area contributed by atoms with Gasteiger partial charge in [-0.15, -0.1) is 10.2 Å². The average Bonchev–Trinajstić information content (AvgIpc) is 3.42. The van der Waals surface area contributed by atoms with E-state index < -0.39 is 10.0 Å². The molecule has 2 fully saturated rings. The maximum absolute atomic E-state index is 12.3. The number of hydrogen-bond acceptors (Lipinski definition) is 6. The van der Waals surface area contributed by atoms with Gasteiger partial charge in [-0.05, 0) is 57.7 Å². The third kappa shape index (κ3) is 3.45. The molecule has 0 bridgehead atoms. The molecule has 0 radical (unpaired) electrons. The minimum absolute atomic E-state index is 0.125. The van der Waals surface area contributed by atoms with Crippen LogP contribution in [-0.4, -0.2) is 57.1 Å². The van der Waals surface area contributed by atoms with Gasteiger partial charge in [0.05, 0.1) is 10.9 Å². The van der Waals surface area contributed by atoms with Gasteiger partial charge in [-0.3, -0.25) is 0 Å². The first kappa shape index (κ1) is 17.4. The Kier molecular flexibility index (Phi) is 4.44. The molecule has 9 heteroatoms. The molecule has 26 heavy (non-hydrogen) atoms. The molecule has 3 heterocycles. The quantitative estimate of drug-likeness (QED) is 0.853. The summed E-state index contributed by atoms with van der Waals surface area (Å²) in [7, 11) is -3.06. The summed E-state index contributed by atoms with van der Waals surface area (Å²) in [6.07, 6.45) is 3.20. The summed E-state index contributed by atoms with van der Waals surface area (Å²) in [6.45, 7) is 5.08. The van der Waals surface area contributed by atoms with Crippen molar-refractivity contribution in [2.24, 2.45) is 0 Å². The summed E-state index contributed by atoms with van der Waals surface area (Å²) in [5.41, 5.74) is 1.96. The second kappa shape index (κ2) is 6.62. The predicted octanol–water partition coefficient (Wildman–Crippen LogP) is 1.65. The van der Waals surface area contributed by atoms with Gasteiger partial charge in [0.25, 0.3) is 0 Å². The molecule has 2 aliphatic rings. The molecule has 1 N–H and O–H groups in total. The summed E-state index contributed by atoms with van der Waals surface area (Å²) in [5.74, 6) is 1.39. The molecule has 1 saturated heterocycles. The molecule has 0 aromatic carbocycles. The molecule has 2 aromatic rings. The van der Waals surface area contributed by atoms with Crippen molar-refractivity contribution in [3.8, 4) is 5.82 Å². The second-order valence-electron chi connectivity index (χ2n) is 7.18. The molecule has 140 valence electrons. The molecule has 0 atom stereocenters. The van der Waals surface area contributed by atoms with Crippen LogP contribution in [0.5, 0.6) is 0 Å². The largest absolute Gasteiger partial charge is 0.366 e. The van der Waals surface area contributed by atoms with Crippen LogP contribution in [0.3, 0.4) is 0 Å². The van der Waals surface area contributed by atoms with E-state index in [0.717, 1.165) is 37.1 Å². The molecule has 0 unspecified atom stereocenters. The van der Waals surface area contributed by atoms with Crippen molar-refractivity contribution in [2.75, 3.05) is 18.4 Å². The minimum atomic E-state index is -3.06. The van der Waals surface area contributed by atoms with Crippen molar-refractivity contribution >= 4 is 15.8 Å². The summed E-state index contributed by atoms with van der Waals surface area (Å²) < 4.78 is 28.0. The zero-order valence-electron chi connectivity index (χ0n) is 15.1. The summed E-state index contributed by atoms with van der Waals surface area (Å²) in [4.78, 5) is 0. The Bertz CT molecular complexity index is 880. The highest BCUT2D eigenvalue weighted by atomic mass is 32.2. The number of aromatic nitrogens is 4. The van der Waals surface area contributed by atoms with Crippen LogP contribution in [0.1, 0.15) is 37.1 Å². The number of anilines is 1. The van der Waals surface area contributed by atoms with Crippen molar-refractivity contribution in [3.63, 3.8) is 0 Å². The van der Waals surface area contributed by atoms with Crippen molar-refractivity contribution < 1.29 is 8.42 Å². The van der Waals surface area contributed by atoms with Gasteiger partial charge in [-0.25, -0.2) is 17.4 Å². The van der Waals surface area contributed by atoms with E-state index in [1.54, 1.807) is 8.99 Å². The highest BCUT2D eigenvalue weighted by molar-refractivity contribution is 7.90. The Balaban J connectivity index is 1.36. The molecule has 4 rings (SSSR count). The normalized spacial score (nSPS) is 19.6. The number of hydrogen-bond donors (Lipinski definition) is 1. The number of rotatable bonds is 5. The molecule has 1 saturated carbocycles. The Morgan fingerprint density at radius 2 is 1.81 bits per heavy atom. The Morgan fingerprint density at radius 1 is 1.08 bits per heavy atom. The lowest BCUT2D eigenvalue weighted by Crippen LogP contribution is -2.43. The highest BCUT2D eigenvalue weighted by Crippen LogP contribution is 2.32. The fourth-order valence-corrected chi connectivity index (χ4v) is 5.29. The van der Waals surface area contributed by atoms with Gasteiger partial charge < -0.3 is 5.32 Å². The first-order valence-electron chi connectivity index (χ1n) is 9.06. The Morgan fingerprint density at radius 3 is 2.35 bits per heavy atom. The van der Waals surface area contributed by atoms with Crippen molar-refractivity contribution in [1.29, 1.82) is 0 Å². The standard InChI is InChI=1S/C17H24N6O2S/c1-12-11-13(2)23(21-12)17-6-5-16(19-20-17)18-14-7-9-22(10-8-14)26(24,25)15-3-4-15/h5-6,11,14-15H,3-4,7-10H2,1-2H3,(H,18,19). The number of aryl methyl sites for hydroxylation is 2. The van der Waals surface area contributed by atoms with E-state index in [-0.39, 0.29) is 11.3 Å². The minimum Gasteiger partial charge on any atom is -0.366 e. The Labute approximate surface area is 153 Å². The monoisotopic (exact) mass is 376 g/mol. The lowest BCUT2D eigenvalue weighted by atomic mass is 10.1. The van der Waals surface area contributed by atoms with Gasteiger partial charge in [0.1, 0.15) is 5.82 Å². The van der Waals surface area contributed by atoms with Crippen LogP contribution >= 0.6 is 0 Å². The van der Waals surface area contributed by atoms with Gasteiger partial charge in [0, 0.05) is 24.8 Å². The lowest BCUT2D eigenvalue weighted by molar-refractivity contribution is 0.329. The SMILES string of the molecule is Cc1cc(C)n(-c2ccc(NC3CCN(S(=O)(=O)C4CC4)CC3)nn2)n1. The second-order valence-corrected chi connectivity index (χ2v) is 9.39. The maximum atomic E-state index is 12.3. The molecular formula is C17H24N6O2S. The summed E-state index contributed by atoms with van der Waals surface area (Å²) >= 11 is 0. The van der Waals surface area contributed by atoms with Crippen molar-refractivity contribution in [3.05, 3.63) is 29.6 Å². The molecular weight excluding hydrogens is 352 g/mol. The topological polar surface area (TPSA) is 93.0 Å². The Hall–Kier alpha value is -2.00. The van der Waals surface area contributed by atoms with Crippen LogP contribution in [0.2, 0.25) is 0 Å². The first-order chi connectivity index (χ1) is 12.4. The van der Waals surface area contributed by atoms with Gasteiger partial charge >= 0.3 is 0 Å². The van der Waals surface area contributed by atoms with Crippen LogP contribution in [0.25, 0.3) is 5.82 Å². The smallest absolute Gasteiger partial charge is 0.216 e. The zero-order valence-corrected chi connectivity index (χ0v) is 15.9. The van der Waals surface area contributed by atoms with Crippen LogP contribution in [0.4, 0.5) is 5.82 Å². The van der Waals surface area contributed by atoms with Gasteiger partial charge in [-0.2, -0.15) is 5.10 Å². The van der Waals surface area contributed by atoms with E-state index in [9.17, 15) is 8.42 Å². The van der Waals surface area contributed by atoms with Crippen LogP contribution in [0, 0.1) is 13.8 Å². The lowest BCUT2D eigenvalue weighted by Gasteiger charge is -2.31. The molecule has 2 aromatic heterocycles. The van der Waals surface area contributed by atoms with E-state index in [2.05, 4.69) is 20.6 Å². The number of nitrogens with zero attached hydrogens (tertiary/aromatic N) is 5. The molecule has 1 aliphatic heterocycles. The number of nitrogens with one attached hydrogen (secondary N) is 1. The first-order valence-corrected chi connectivity index (χ1v) is 10.6. The molecule has 1 aliphatic carbocycles. The summed E-state index contributed by atoms with van der Waals surface area (Å²) in [5, 5.41) is 16.2. The molecule has 0 spiro atoms. The fourth-order valence-electron chi connectivity index (χ4n) is 3.42. The van der Waals surface area contributed by atoms with Crippen LogP contribution < -0.4 is 5.32 Å². The zero-order chi connectivity index (χ0) is 18.3. The van der Waals surface area contributed by atoms with E-state index in [0.29, 0.717) is 24.7 Å². The molecule has 0 amide bonds. The van der Waals surface area contributed by atoms with Crippen molar-refractivity contribution in [2.45, 2.75) is 50.8 Å². The number of sulfonamides is 1. The van der Waals surface area contributed by atoms with Gasteiger partial charge in [0.15, 0.2) is 5.82 Å².